The first-order valence-corrected chi connectivity index (χ1v) is 20.4. The lowest BCUT2D eigenvalue weighted by Crippen LogP contribution is -2.10. The predicted octanol–water partition coefficient (Wildman–Crippen LogP) is 15.1. The van der Waals surface area contributed by atoms with Gasteiger partial charge in [0, 0.05) is 47.3 Å². The molecule has 13 rings (SSSR count). The number of thiophene rings is 1. The third kappa shape index (κ3) is 5.73. The summed E-state index contributed by atoms with van der Waals surface area (Å²) < 4.78 is 184. The Hall–Kier alpha value is -8.19. The zero-order chi connectivity index (χ0) is 58.8. The molecule has 13 aromatic rings. The molecule has 0 atom stereocenters. The molecule has 6 heteroatoms. The van der Waals surface area contributed by atoms with Crippen molar-refractivity contribution in [1.82, 2.24) is 24.1 Å². The van der Waals surface area contributed by atoms with Crippen molar-refractivity contribution in [3.8, 4) is 56.7 Å². The molecule has 0 N–H and O–H groups in total. The third-order valence-electron chi connectivity index (χ3n) is 11.0. The van der Waals surface area contributed by atoms with Crippen LogP contribution in [0.3, 0.4) is 0 Å². The number of fused-ring (bicyclic) bond motifs is 9. The van der Waals surface area contributed by atoms with E-state index >= 15 is 0 Å². The molecule has 0 radical (unpaired) electrons. The fourth-order valence-corrected chi connectivity index (χ4v) is 9.32. The van der Waals surface area contributed by atoms with E-state index in [0.717, 1.165) is 46.9 Å². The van der Waals surface area contributed by atoms with E-state index in [0.29, 0.717) is 0 Å². The molecule has 0 unspecified atom stereocenters. The van der Waals surface area contributed by atoms with Crippen LogP contribution < -0.4 is 0 Å². The van der Waals surface area contributed by atoms with E-state index in [9.17, 15) is 9.60 Å². The maximum absolute atomic E-state index is 9.90. The van der Waals surface area contributed by atoms with Gasteiger partial charge in [-0.3, -0.25) is 9.13 Å². The molecule has 0 amide bonds. The van der Waals surface area contributed by atoms with Gasteiger partial charge in [-0.2, -0.15) is 15.0 Å². The number of aromatic nitrogens is 5. The molecular formula is C57H35N5S. The van der Waals surface area contributed by atoms with Gasteiger partial charge < -0.3 is 0 Å². The summed E-state index contributed by atoms with van der Waals surface area (Å²) in [6.07, 6.45) is 0. The topological polar surface area (TPSA) is 48.5 Å². The molecule has 0 bridgehead atoms. The number of hydrogen-bond acceptors (Lipinski definition) is 4. The second kappa shape index (κ2) is 14.2. The lowest BCUT2D eigenvalue weighted by Gasteiger charge is -2.13. The number of nitrogens with zero attached hydrogens (tertiary/aromatic N) is 5. The summed E-state index contributed by atoms with van der Waals surface area (Å²) >= 11 is 1.72. The van der Waals surface area contributed by atoms with Crippen LogP contribution in [0.4, 0.5) is 0 Å². The Bertz CT molecular complexity index is 4990. The normalized spacial score (nSPS) is 16.3. The van der Waals surface area contributed by atoms with Gasteiger partial charge in [0.25, 0.3) is 0 Å². The standard InChI is InChI=1S/C57H35N5S/c1-2-13-36(14-3-1)41-33-34-46-45-17-6-10-22-50(45)62(51(46)35-41)57-59-55(58-56(60-57)61-48-20-8-4-15-43(48)44-16-5-9-21-49(44)61)40-31-27-38(28-32-40)37-25-29-39(30-26-37)42-19-12-24-53-54(42)47-18-7-11-23-52(47)63-53/h1-35H/i1D,2D,3D,4D,5D,6D,8D,9D,10D,13D,14D,15D,16D,17D,20D,21D,22D,33D,34D,35D. The lowest BCUT2D eigenvalue weighted by atomic mass is 9.96. The van der Waals surface area contributed by atoms with Crippen LogP contribution in [0.15, 0.2) is 212 Å². The molecule has 0 aliphatic rings. The Labute approximate surface area is 394 Å². The van der Waals surface area contributed by atoms with Crippen molar-refractivity contribution < 1.29 is 27.4 Å². The Balaban J connectivity index is 1.11. The minimum Gasteiger partial charge on any atom is -0.278 e. The van der Waals surface area contributed by atoms with Crippen LogP contribution in [0.5, 0.6) is 0 Å². The maximum atomic E-state index is 9.90. The summed E-state index contributed by atoms with van der Waals surface area (Å²) in [4.78, 5) is 14.5. The number of rotatable bonds is 6. The zero-order valence-corrected chi connectivity index (χ0v) is 33.1. The fourth-order valence-electron chi connectivity index (χ4n) is 8.18. The second-order valence-electron chi connectivity index (χ2n) is 14.5. The molecule has 0 saturated heterocycles. The first kappa shape index (κ1) is 21.1. The van der Waals surface area contributed by atoms with E-state index in [2.05, 4.69) is 24.3 Å². The zero-order valence-electron chi connectivity index (χ0n) is 52.3. The molecule has 0 saturated carbocycles. The van der Waals surface area contributed by atoms with Crippen molar-refractivity contribution in [2.45, 2.75) is 0 Å². The fraction of sp³-hybridized carbons (Fsp3) is 0. The Morgan fingerprint density at radius 3 is 1.54 bits per heavy atom. The summed E-state index contributed by atoms with van der Waals surface area (Å²) in [6.45, 7) is 0. The number of benzene rings is 9. The van der Waals surface area contributed by atoms with Crippen molar-refractivity contribution in [2.75, 3.05) is 0 Å². The molecule has 0 aliphatic heterocycles. The highest BCUT2D eigenvalue weighted by Gasteiger charge is 2.21. The van der Waals surface area contributed by atoms with Crippen LogP contribution in [0, 0.1) is 0 Å². The molecule has 9 aromatic carbocycles. The molecule has 0 aliphatic carbocycles. The molecular weight excluding hydrogens is 787 g/mol. The van der Waals surface area contributed by atoms with Crippen LogP contribution in [-0.2, 0) is 0 Å². The summed E-state index contributed by atoms with van der Waals surface area (Å²) in [7, 11) is 0. The quantitative estimate of drug-likeness (QED) is 0.168. The van der Waals surface area contributed by atoms with Crippen molar-refractivity contribution in [1.29, 1.82) is 0 Å². The lowest BCUT2D eigenvalue weighted by molar-refractivity contribution is 0.893. The smallest absolute Gasteiger partial charge is 0.240 e. The first-order valence-electron chi connectivity index (χ1n) is 29.6. The average molecular weight is 842 g/mol. The van der Waals surface area contributed by atoms with Crippen molar-refractivity contribution in [3.05, 3.63) is 212 Å². The number of hydrogen-bond donors (Lipinski definition) is 0. The minimum absolute atomic E-state index is 0.226. The van der Waals surface area contributed by atoms with Gasteiger partial charge in [0.1, 0.15) is 0 Å². The second-order valence-corrected chi connectivity index (χ2v) is 15.6. The van der Waals surface area contributed by atoms with Gasteiger partial charge in [0.05, 0.1) is 49.5 Å². The van der Waals surface area contributed by atoms with E-state index in [1.807, 2.05) is 42.5 Å². The minimum atomic E-state index is -0.821. The van der Waals surface area contributed by atoms with E-state index in [4.69, 9.17) is 32.8 Å². The van der Waals surface area contributed by atoms with Gasteiger partial charge in [0.15, 0.2) is 5.82 Å². The SMILES string of the molecule is [2H]c1c([2H])c([2H])c(-c2c([2H])c([2H])c3c4c([2H])c([2H])c([2H])c([2H])c4n(-c4nc(-c5ccc(-c6ccc(-c7cccc8sc9ccccc9c78)cc6)cc5)nc(-n5c6c([2H])c([2H])c([2H])c([2H])c6c6c([2H])c([2H])c([2H])c([2H])c65)n4)c3c2[2H])c([2H])c1[2H]. The van der Waals surface area contributed by atoms with Gasteiger partial charge in [-0.25, -0.2) is 0 Å². The highest BCUT2D eigenvalue weighted by Crippen LogP contribution is 2.41. The van der Waals surface area contributed by atoms with Crippen LogP contribution in [-0.4, -0.2) is 24.1 Å². The maximum Gasteiger partial charge on any atom is 0.240 e. The summed E-state index contributed by atoms with van der Waals surface area (Å²) in [5, 5.41) is 0.882. The molecule has 294 valence electrons. The Morgan fingerprint density at radius 1 is 0.365 bits per heavy atom. The number of para-hydroxylation sites is 3. The van der Waals surface area contributed by atoms with E-state index in [-0.39, 0.29) is 38.6 Å². The molecule has 63 heavy (non-hydrogen) atoms. The van der Waals surface area contributed by atoms with Crippen LogP contribution in [0.1, 0.15) is 27.4 Å². The highest BCUT2D eigenvalue weighted by atomic mass is 32.1. The Kier molecular flexibility index (Phi) is 4.75. The van der Waals surface area contributed by atoms with Crippen molar-refractivity contribution in [2.24, 2.45) is 0 Å². The third-order valence-corrected chi connectivity index (χ3v) is 12.2. The van der Waals surface area contributed by atoms with E-state index in [1.165, 1.54) is 4.70 Å². The first-order chi connectivity index (χ1) is 39.5. The average Bonchev–Trinajstić information content (AvgIpc) is 3.48. The van der Waals surface area contributed by atoms with E-state index in [1.54, 1.807) is 35.6 Å². The van der Waals surface area contributed by atoms with Crippen molar-refractivity contribution in [3.63, 3.8) is 0 Å². The van der Waals surface area contributed by atoms with Gasteiger partial charge in [-0.15, -0.1) is 11.3 Å². The summed E-state index contributed by atoms with van der Waals surface area (Å²) in [5.41, 5.74) is 0.919. The molecule has 0 spiro atoms. The van der Waals surface area contributed by atoms with Crippen LogP contribution >= 0.6 is 11.3 Å². The van der Waals surface area contributed by atoms with Gasteiger partial charge >= 0.3 is 0 Å². The van der Waals surface area contributed by atoms with Crippen LogP contribution in [0.25, 0.3) is 120 Å². The predicted molar refractivity (Wildman–Crippen MR) is 263 cm³/mol. The molecule has 4 heterocycles. The molecule has 4 aromatic heterocycles. The van der Waals surface area contributed by atoms with Gasteiger partial charge in [0.2, 0.25) is 11.9 Å². The molecule has 0 fully saturated rings. The van der Waals surface area contributed by atoms with Gasteiger partial charge in [-0.1, -0.05) is 176 Å². The molecule has 5 nitrogen and oxygen atoms in total. The van der Waals surface area contributed by atoms with Gasteiger partial charge in [-0.05, 0) is 69.7 Å². The largest absolute Gasteiger partial charge is 0.278 e. The monoisotopic (exact) mass is 841 g/mol. The summed E-state index contributed by atoms with van der Waals surface area (Å²) in [5.74, 6) is -1.36. The highest BCUT2D eigenvalue weighted by molar-refractivity contribution is 7.25. The van der Waals surface area contributed by atoms with E-state index < -0.39 is 160 Å². The summed E-state index contributed by atoms with van der Waals surface area (Å²) in [6, 6.07) is 14.3. The van der Waals surface area contributed by atoms with Crippen LogP contribution in [0.2, 0.25) is 0 Å². The Morgan fingerprint density at radius 2 is 0.889 bits per heavy atom. The van der Waals surface area contributed by atoms with Crippen molar-refractivity contribution >= 4 is 75.1 Å².